The fourth-order valence-corrected chi connectivity index (χ4v) is 4.24. The third-order valence-electron chi connectivity index (χ3n) is 6.21. The van der Waals surface area contributed by atoms with Crippen molar-refractivity contribution in [3.05, 3.63) is 60.4 Å². The highest BCUT2D eigenvalue weighted by Crippen LogP contribution is 2.14. The number of piperazine rings is 2. The molecule has 1 aromatic carbocycles. The van der Waals surface area contributed by atoms with Crippen molar-refractivity contribution in [2.24, 2.45) is 0 Å². The normalized spacial score (nSPS) is 19.6. The highest BCUT2D eigenvalue weighted by Gasteiger charge is 2.30. The summed E-state index contributed by atoms with van der Waals surface area (Å²) in [6, 6.07) is 12.2. The molecule has 164 valence electrons. The van der Waals surface area contributed by atoms with Crippen molar-refractivity contribution in [2.75, 3.05) is 63.8 Å². The van der Waals surface area contributed by atoms with E-state index in [-0.39, 0.29) is 11.9 Å². The summed E-state index contributed by atoms with van der Waals surface area (Å²) in [7, 11) is 0. The summed E-state index contributed by atoms with van der Waals surface area (Å²) >= 11 is 0. The van der Waals surface area contributed by atoms with Crippen molar-refractivity contribution < 1.29 is 4.79 Å². The van der Waals surface area contributed by atoms with Gasteiger partial charge in [-0.25, -0.2) is 9.97 Å². The lowest BCUT2D eigenvalue weighted by Gasteiger charge is -2.40. The van der Waals surface area contributed by atoms with Crippen LogP contribution in [-0.2, 0) is 4.79 Å². The molecule has 3 heterocycles. The highest BCUT2D eigenvalue weighted by molar-refractivity contribution is 5.81. The Morgan fingerprint density at radius 2 is 1.61 bits per heavy atom. The molecule has 0 bridgehead atoms. The fraction of sp³-hybridized carbons (Fsp3) is 0.458. The highest BCUT2D eigenvalue weighted by atomic mass is 16.2. The molecule has 0 saturated carbocycles. The molecule has 7 nitrogen and oxygen atoms in total. The summed E-state index contributed by atoms with van der Waals surface area (Å²) in [4.78, 5) is 30.6. The van der Waals surface area contributed by atoms with Crippen molar-refractivity contribution in [1.29, 1.82) is 0 Å². The Balaban J connectivity index is 1.20. The maximum absolute atomic E-state index is 13.1. The van der Waals surface area contributed by atoms with E-state index >= 15 is 0 Å². The predicted molar refractivity (Wildman–Crippen MR) is 124 cm³/mol. The van der Waals surface area contributed by atoms with Crippen LogP contribution < -0.4 is 4.90 Å². The second kappa shape index (κ2) is 10.5. The van der Waals surface area contributed by atoms with Gasteiger partial charge in [0.25, 0.3) is 0 Å². The topological polar surface area (TPSA) is 55.8 Å². The van der Waals surface area contributed by atoms with E-state index in [1.54, 1.807) is 12.4 Å². The third kappa shape index (κ3) is 5.68. The standard InChI is InChI=1S/C24H32N6O/c1-21(23(31)29-17-19-30(20-18-29)24-25-10-6-11-26-24)28-15-13-27(14-16-28)12-5-9-22-7-3-2-4-8-22/h2-11,21H,12-20H2,1H3/b9-5+. The summed E-state index contributed by atoms with van der Waals surface area (Å²) < 4.78 is 0. The number of carbonyl (C=O) groups is 1. The predicted octanol–water partition coefficient (Wildman–Crippen LogP) is 1.84. The summed E-state index contributed by atoms with van der Waals surface area (Å²) in [5.74, 6) is 0.992. The minimum Gasteiger partial charge on any atom is -0.338 e. The quantitative estimate of drug-likeness (QED) is 0.711. The molecule has 0 N–H and O–H groups in total. The molecule has 7 heteroatoms. The lowest BCUT2D eigenvalue weighted by Crippen LogP contribution is -2.57. The molecular weight excluding hydrogens is 388 g/mol. The zero-order valence-corrected chi connectivity index (χ0v) is 18.3. The van der Waals surface area contributed by atoms with Crippen LogP contribution in [0.3, 0.4) is 0 Å². The number of hydrogen-bond acceptors (Lipinski definition) is 6. The molecule has 4 rings (SSSR count). The van der Waals surface area contributed by atoms with Gasteiger partial charge in [-0.05, 0) is 18.6 Å². The van der Waals surface area contributed by atoms with Gasteiger partial charge in [0.15, 0.2) is 0 Å². The largest absolute Gasteiger partial charge is 0.338 e. The zero-order valence-electron chi connectivity index (χ0n) is 18.3. The van der Waals surface area contributed by atoms with Gasteiger partial charge in [-0.3, -0.25) is 14.6 Å². The van der Waals surface area contributed by atoms with Crippen molar-refractivity contribution in [3.63, 3.8) is 0 Å². The molecule has 0 aliphatic carbocycles. The molecule has 2 aromatic rings. The molecule has 2 aliphatic rings. The smallest absolute Gasteiger partial charge is 0.239 e. The van der Waals surface area contributed by atoms with Crippen LogP contribution in [0.15, 0.2) is 54.9 Å². The summed E-state index contributed by atoms with van der Waals surface area (Å²) in [5, 5.41) is 0. The minimum absolute atomic E-state index is 0.0680. The summed E-state index contributed by atoms with van der Waals surface area (Å²) in [6.07, 6.45) is 7.94. The van der Waals surface area contributed by atoms with Gasteiger partial charge in [0.2, 0.25) is 11.9 Å². The number of amides is 1. The lowest BCUT2D eigenvalue weighted by atomic mass is 10.1. The molecule has 1 unspecified atom stereocenters. The number of nitrogens with zero attached hydrogens (tertiary/aromatic N) is 6. The van der Waals surface area contributed by atoms with E-state index in [1.165, 1.54) is 5.56 Å². The van der Waals surface area contributed by atoms with Gasteiger partial charge in [0.05, 0.1) is 6.04 Å². The maximum Gasteiger partial charge on any atom is 0.239 e. The second-order valence-electron chi connectivity index (χ2n) is 8.19. The number of hydrogen-bond donors (Lipinski definition) is 0. The Bertz CT molecular complexity index is 843. The van der Waals surface area contributed by atoms with E-state index < -0.39 is 0 Å². The molecule has 0 spiro atoms. The van der Waals surface area contributed by atoms with Gasteiger partial charge < -0.3 is 9.80 Å². The second-order valence-corrected chi connectivity index (χ2v) is 8.19. The van der Waals surface area contributed by atoms with Crippen LogP contribution in [0.4, 0.5) is 5.95 Å². The zero-order chi connectivity index (χ0) is 21.5. The Kier molecular flexibility index (Phi) is 7.27. The fourth-order valence-electron chi connectivity index (χ4n) is 4.24. The van der Waals surface area contributed by atoms with Gasteiger partial charge in [-0.2, -0.15) is 0 Å². The number of benzene rings is 1. The molecule has 1 atom stereocenters. The van der Waals surface area contributed by atoms with E-state index in [9.17, 15) is 4.79 Å². The number of aromatic nitrogens is 2. The van der Waals surface area contributed by atoms with Crippen LogP contribution in [0.2, 0.25) is 0 Å². The van der Waals surface area contributed by atoms with E-state index in [4.69, 9.17) is 0 Å². The number of anilines is 1. The maximum atomic E-state index is 13.1. The van der Waals surface area contributed by atoms with Crippen LogP contribution in [-0.4, -0.2) is 95.5 Å². The van der Waals surface area contributed by atoms with E-state index in [1.807, 2.05) is 17.0 Å². The van der Waals surface area contributed by atoms with Gasteiger partial charge in [0.1, 0.15) is 0 Å². The molecule has 1 amide bonds. The third-order valence-corrected chi connectivity index (χ3v) is 6.21. The van der Waals surface area contributed by atoms with Crippen LogP contribution in [0, 0.1) is 0 Å². The van der Waals surface area contributed by atoms with Crippen molar-refractivity contribution in [1.82, 2.24) is 24.7 Å². The van der Waals surface area contributed by atoms with Gasteiger partial charge in [-0.1, -0.05) is 42.5 Å². The van der Waals surface area contributed by atoms with Crippen LogP contribution in [0.5, 0.6) is 0 Å². The molecule has 31 heavy (non-hydrogen) atoms. The Morgan fingerprint density at radius 1 is 0.935 bits per heavy atom. The van der Waals surface area contributed by atoms with Gasteiger partial charge >= 0.3 is 0 Å². The first-order valence-electron chi connectivity index (χ1n) is 11.2. The van der Waals surface area contributed by atoms with E-state index in [0.717, 1.165) is 64.9 Å². The molecular formula is C24H32N6O. The lowest BCUT2D eigenvalue weighted by molar-refractivity contribution is -0.137. The molecule has 2 aliphatic heterocycles. The first-order chi connectivity index (χ1) is 15.2. The first-order valence-corrected chi connectivity index (χ1v) is 11.2. The number of carbonyl (C=O) groups excluding carboxylic acids is 1. The van der Waals surface area contributed by atoms with Crippen LogP contribution in [0.25, 0.3) is 6.08 Å². The molecule has 2 saturated heterocycles. The summed E-state index contributed by atoms with van der Waals surface area (Å²) in [6.45, 7) is 9.89. The molecule has 2 fully saturated rings. The van der Waals surface area contributed by atoms with Crippen molar-refractivity contribution in [2.45, 2.75) is 13.0 Å². The monoisotopic (exact) mass is 420 g/mol. The van der Waals surface area contributed by atoms with E-state index in [2.05, 4.69) is 68.0 Å². The average molecular weight is 421 g/mol. The van der Waals surface area contributed by atoms with Gasteiger partial charge in [0, 0.05) is 71.3 Å². The van der Waals surface area contributed by atoms with Crippen molar-refractivity contribution >= 4 is 17.9 Å². The molecule has 1 aromatic heterocycles. The van der Waals surface area contributed by atoms with Gasteiger partial charge in [-0.15, -0.1) is 0 Å². The Labute approximate surface area is 185 Å². The van der Waals surface area contributed by atoms with Crippen LogP contribution in [0.1, 0.15) is 12.5 Å². The summed E-state index contributed by atoms with van der Waals surface area (Å²) in [5.41, 5.74) is 1.24. The average Bonchev–Trinajstić information content (AvgIpc) is 2.85. The minimum atomic E-state index is -0.0680. The van der Waals surface area contributed by atoms with E-state index in [0.29, 0.717) is 0 Å². The Morgan fingerprint density at radius 3 is 2.29 bits per heavy atom. The SMILES string of the molecule is CC(C(=O)N1CCN(c2ncccn2)CC1)N1CCN(C/C=C/c2ccccc2)CC1. The number of rotatable bonds is 6. The van der Waals surface area contributed by atoms with Crippen LogP contribution >= 0.6 is 0 Å². The molecule has 0 radical (unpaired) electrons. The Hall–Kier alpha value is -2.77. The van der Waals surface area contributed by atoms with Crippen molar-refractivity contribution in [3.8, 4) is 0 Å². The first kappa shape index (κ1) is 21.5.